The summed E-state index contributed by atoms with van der Waals surface area (Å²) >= 11 is 3.11. The Hall–Kier alpha value is -3.40. The lowest BCUT2D eigenvalue weighted by Crippen LogP contribution is -2.23. The number of carbonyl (C=O) groups excluding carboxylic acids is 1. The summed E-state index contributed by atoms with van der Waals surface area (Å²) in [4.78, 5) is 34.0. The SMILES string of the molecule is CCn1c(=O)n(-c2ccc(F)cc2)c2nc(-c3ccc(F)c(Br)c3)nc(C(N)=O)c21. The maximum absolute atomic E-state index is 13.7. The fraction of sp³-hybridized carbons (Fsp3) is 0.100. The fourth-order valence-electron chi connectivity index (χ4n) is 3.21. The van der Waals surface area contributed by atoms with Gasteiger partial charge in [0.15, 0.2) is 17.2 Å². The molecular formula is C20H14BrF2N5O2. The van der Waals surface area contributed by atoms with Crippen LogP contribution >= 0.6 is 15.9 Å². The van der Waals surface area contributed by atoms with Crippen LogP contribution < -0.4 is 11.4 Å². The number of halogens is 3. The minimum atomic E-state index is -0.844. The lowest BCUT2D eigenvalue weighted by Gasteiger charge is -2.08. The number of imidazole rings is 1. The maximum Gasteiger partial charge on any atom is 0.335 e. The van der Waals surface area contributed by atoms with E-state index in [1.165, 1.54) is 51.6 Å². The van der Waals surface area contributed by atoms with Crippen molar-refractivity contribution in [2.45, 2.75) is 13.5 Å². The molecule has 0 aliphatic carbocycles. The first-order valence-corrected chi connectivity index (χ1v) is 9.65. The Morgan fingerprint density at radius 3 is 2.43 bits per heavy atom. The number of nitrogens with two attached hydrogens (primary N) is 1. The first kappa shape index (κ1) is 19.9. The van der Waals surface area contributed by atoms with E-state index in [2.05, 4.69) is 25.9 Å². The van der Waals surface area contributed by atoms with Gasteiger partial charge in [-0.2, -0.15) is 0 Å². The summed E-state index contributed by atoms with van der Waals surface area (Å²) in [6.45, 7) is 1.96. The molecule has 0 unspecified atom stereocenters. The highest BCUT2D eigenvalue weighted by atomic mass is 79.9. The minimum Gasteiger partial charge on any atom is -0.364 e. The second-order valence-electron chi connectivity index (χ2n) is 6.40. The van der Waals surface area contributed by atoms with Crippen molar-refractivity contribution in [3.63, 3.8) is 0 Å². The number of aromatic nitrogens is 4. The minimum absolute atomic E-state index is 0.0844. The number of benzene rings is 2. The lowest BCUT2D eigenvalue weighted by molar-refractivity contribution is 0.0997. The van der Waals surface area contributed by atoms with Gasteiger partial charge >= 0.3 is 5.69 Å². The number of hydrogen-bond donors (Lipinski definition) is 1. The molecule has 10 heteroatoms. The maximum atomic E-state index is 13.7. The zero-order valence-corrected chi connectivity index (χ0v) is 17.2. The quantitative estimate of drug-likeness (QED) is 0.491. The highest BCUT2D eigenvalue weighted by Gasteiger charge is 2.24. The largest absolute Gasteiger partial charge is 0.364 e. The second kappa shape index (κ2) is 7.45. The zero-order chi connectivity index (χ0) is 21.6. The molecule has 152 valence electrons. The van der Waals surface area contributed by atoms with Crippen LogP contribution in [0, 0.1) is 11.6 Å². The molecule has 4 aromatic rings. The summed E-state index contributed by atoms with van der Waals surface area (Å²) in [5.74, 6) is -1.70. The Bertz CT molecular complexity index is 1360. The van der Waals surface area contributed by atoms with Crippen molar-refractivity contribution >= 4 is 33.0 Å². The molecule has 0 atom stereocenters. The van der Waals surface area contributed by atoms with Crippen LogP contribution in [0.5, 0.6) is 0 Å². The highest BCUT2D eigenvalue weighted by molar-refractivity contribution is 9.10. The van der Waals surface area contributed by atoms with E-state index in [-0.39, 0.29) is 33.7 Å². The number of primary amides is 1. The van der Waals surface area contributed by atoms with E-state index in [1.807, 2.05) is 0 Å². The summed E-state index contributed by atoms with van der Waals surface area (Å²) in [6.07, 6.45) is 0. The van der Waals surface area contributed by atoms with Gasteiger partial charge < -0.3 is 5.73 Å². The lowest BCUT2D eigenvalue weighted by atomic mass is 10.2. The highest BCUT2D eigenvalue weighted by Crippen LogP contribution is 2.26. The van der Waals surface area contributed by atoms with Crippen LogP contribution in [-0.2, 0) is 6.54 Å². The number of hydrogen-bond acceptors (Lipinski definition) is 4. The van der Waals surface area contributed by atoms with E-state index < -0.39 is 23.2 Å². The third-order valence-corrected chi connectivity index (χ3v) is 5.19. The first-order chi connectivity index (χ1) is 14.3. The Morgan fingerprint density at radius 2 is 1.83 bits per heavy atom. The van der Waals surface area contributed by atoms with Gasteiger partial charge in [0.2, 0.25) is 0 Å². The average Bonchev–Trinajstić information content (AvgIpc) is 3.01. The van der Waals surface area contributed by atoms with E-state index >= 15 is 0 Å². The molecule has 4 rings (SSSR count). The Kier molecular flexibility index (Phi) is 4.94. The van der Waals surface area contributed by atoms with Crippen LogP contribution in [-0.4, -0.2) is 25.0 Å². The molecule has 2 heterocycles. The summed E-state index contributed by atoms with van der Waals surface area (Å²) in [5, 5.41) is 0. The molecule has 2 N–H and O–H groups in total. The Labute approximate surface area is 176 Å². The number of fused-ring (bicyclic) bond motifs is 1. The predicted molar refractivity (Wildman–Crippen MR) is 110 cm³/mol. The van der Waals surface area contributed by atoms with Gasteiger partial charge in [0.1, 0.15) is 17.2 Å². The molecule has 2 aromatic heterocycles. The van der Waals surface area contributed by atoms with E-state index in [0.29, 0.717) is 11.3 Å². The zero-order valence-electron chi connectivity index (χ0n) is 15.6. The van der Waals surface area contributed by atoms with Gasteiger partial charge in [-0.1, -0.05) is 0 Å². The molecule has 30 heavy (non-hydrogen) atoms. The number of amides is 1. The molecule has 0 saturated carbocycles. The molecule has 0 fully saturated rings. The van der Waals surface area contributed by atoms with Gasteiger partial charge in [-0.15, -0.1) is 0 Å². The van der Waals surface area contributed by atoms with Gasteiger partial charge in [-0.25, -0.2) is 28.1 Å². The van der Waals surface area contributed by atoms with Gasteiger partial charge in [0, 0.05) is 12.1 Å². The van der Waals surface area contributed by atoms with Crippen LogP contribution in [0.3, 0.4) is 0 Å². The first-order valence-electron chi connectivity index (χ1n) is 8.86. The Balaban J connectivity index is 2.12. The van der Waals surface area contributed by atoms with Gasteiger partial charge in [-0.05, 0) is 65.3 Å². The van der Waals surface area contributed by atoms with E-state index in [1.54, 1.807) is 6.92 Å². The molecule has 0 bridgehead atoms. The van der Waals surface area contributed by atoms with E-state index in [4.69, 9.17) is 5.73 Å². The number of aryl methyl sites for hydroxylation is 1. The normalized spacial score (nSPS) is 11.2. The van der Waals surface area contributed by atoms with Crippen LogP contribution in [0.4, 0.5) is 8.78 Å². The van der Waals surface area contributed by atoms with Crippen LogP contribution in [0.1, 0.15) is 17.4 Å². The number of carbonyl (C=O) groups is 1. The van der Waals surface area contributed by atoms with Crippen molar-refractivity contribution < 1.29 is 13.6 Å². The average molecular weight is 474 g/mol. The molecule has 1 amide bonds. The van der Waals surface area contributed by atoms with E-state index in [0.717, 1.165) is 0 Å². The molecule has 0 saturated heterocycles. The van der Waals surface area contributed by atoms with Gasteiger partial charge in [0.05, 0.1) is 10.2 Å². The summed E-state index contributed by atoms with van der Waals surface area (Å²) in [7, 11) is 0. The third kappa shape index (κ3) is 3.18. The van der Waals surface area contributed by atoms with Crippen molar-refractivity contribution in [1.82, 2.24) is 19.1 Å². The predicted octanol–water partition coefficient (Wildman–Crippen LogP) is 3.41. The van der Waals surface area contributed by atoms with Crippen molar-refractivity contribution in [2.75, 3.05) is 0 Å². The third-order valence-electron chi connectivity index (χ3n) is 4.58. The molecule has 7 nitrogen and oxygen atoms in total. The van der Waals surface area contributed by atoms with Gasteiger partial charge in [-0.3, -0.25) is 9.36 Å². The molecular weight excluding hydrogens is 460 g/mol. The van der Waals surface area contributed by atoms with Crippen molar-refractivity contribution in [1.29, 1.82) is 0 Å². The van der Waals surface area contributed by atoms with E-state index in [9.17, 15) is 18.4 Å². The topological polar surface area (TPSA) is 95.8 Å². The fourth-order valence-corrected chi connectivity index (χ4v) is 3.59. The molecule has 0 radical (unpaired) electrons. The number of nitrogens with zero attached hydrogens (tertiary/aromatic N) is 4. The summed E-state index contributed by atoms with van der Waals surface area (Å²) in [5.41, 5.74) is 6.00. The van der Waals surface area contributed by atoms with Gasteiger partial charge in [0.25, 0.3) is 5.91 Å². The molecule has 0 aliphatic heterocycles. The standard InChI is InChI=1S/C20H14BrF2N5O2/c1-2-27-16-15(17(24)29)25-18(10-3-8-14(23)13(21)9-10)26-19(16)28(20(27)30)12-6-4-11(22)5-7-12/h3-9H,2H2,1H3,(H2,24,29). The molecule has 0 aliphatic rings. The Morgan fingerprint density at radius 1 is 1.13 bits per heavy atom. The van der Waals surface area contributed by atoms with Crippen molar-refractivity contribution in [3.05, 3.63) is 74.7 Å². The second-order valence-corrected chi connectivity index (χ2v) is 7.25. The molecule has 2 aromatic carbocycles. The van der Waals surface area contributed by atoms with Crippen LogP contribution in [0.15, 0.2) is 51.7 Å². The van der Waals surface area contributed by atoms with Crippen molar-refractivity contribution in [3.8, 4) is 17.1 Å². The summed E-state index contributed by atoms with van der Waals surface area (Å²) < 4.78 is 29.8. The molecule has 0 spiro atoms. The van der Waals surface area contributed by atoms with Crippen molar-refractivity contribution in [2.24, 2.45) is 5.73 Å². The van der Waals surface area contributed by atoms with Crippen LogP contribution in [0.25, 0.3) is 28.2 Å². The monoisotopic (exact) mass is 473 g/mol. The summed E-state index contributed by atoms with van der Waals surface area (Å²) in [6, 6.07) is 9.41. The smallest absolute Gasteiger partial charge is 0.335 e. The number of rotatable bonds is 4. The van der Waals surface area contributed by atoms with Crippen LogP contribution in [0.2, 0.25) is 0 Å².